The smallest absolute Gasteiger partial charge is 0.287 e. The van der Waals surface area contributed by atoms with E-state index in [0.717, 1.165) is 42.3 Å². The summed E-state index contributed by atoms with van der Waals surface area (Å²) in [5.74, 6) is -2.18. The number of carbonyl (C=O) groups excluding carboxylic acids is 2. The molecule has 38 heavy (non-hydrogen) atoms. The van der Waals surface area contributed by atoms with Gasteiger partial charge in [0, 0.05) is 13.0 Å². The summed E-state index contributed by atoms with van der Waals surface area (Å²) in [4.78, 5) is 27.7. The first-order valence-corrected chi connectivity index (χ1v) is 12.9. The molecule has 1 amide bonds. The first-order valence-electron chi connectivity index (χ1n) is 12.9. The van der Waals surface area contributed by atoms with Gasteiger partial charge in [0.25, 0.3) is 5.91 Å². The van der Waals surface area contributed by atoms with Crippen LogP contribution >= 0.6 is 0 Å². The molecule has 0 unspecified atom stereocenters. The Hall–Kier alpha value is -3.56. The number of rotatable bonds is 9. The molecular weight excluding hydrogens is 494 g/mol. The summed E-state index contributed by atoms with van der Waals surface area (Å²) in [5.41, 5.74) is 1.09. The highest BCUT2D eigenvalue weighted by molar-refractivity contribution is 6.36. The van der Waals surface area contributed by atoms with Crippen LogP contribution in [-0.4, -0.2) is 60.6 Å². The minimum absolute atomic E-state index is 0.00123. The Morgan fingerprint density at radius 2 is 1.71 bits per heavy atom. The number of carbonyl (C=O) groups is 2. The van der Waals surface area contributed by atoms with Crippen LogP contribution in [0.15, 0.2) is 48.5 Å². The van der Waals surface area contributed by atoms with Gasteiger partial charge in [0.1, 0.15) is 25.1 Å². The van der Waals surface area contributed by atoms with Crippen molar-refractivity contribution in [3.05, 3.63) is 71.3 Å². The molecule has 1 fully saturated rings. The van der Waals surface area contributed by atoms with Crippen LogP contribution in [0.2, 0.25) is 0 Å². The summed E-state index contributed by atoms with van der Waals surface area (Å²) in [6, 6.07) is 11.8. The highest BCUT2D eigenvalue weighted by Gasteiger charge is 2.30. The molecule has 2 atom stereocenters. The number of aliphatic hydroxyl groups excluding tert-OH is 1. The second kappa shape index (κ2) is 11.4. The monoisotopic (exact) mass is 524 g/mol. The van der Waals surface area contributed by atoms with E-state index >= 15 is 0 Å². The lowest BCUT2D eigenvalue weighted by atomic mass is 9.99. The number of aliphatic hydroxyl groups is 1. The van der Waals surface area contributed by atoms with Gasteiger partial charge in [-0.3, -0.25) is 9.59 Å². The number of hydrogen-bond acceptors (Lipinski definition) is 6. The number of hydrogen-bond donors (Lipinski definition) is 2. The zero-order valence-electron chi connectivity index (χ0n) is 20.9. The molecule has 200 valence electrons. The van der Waals surface area contributed by atoms with Gasteiger partial charge in [-0.25, -0.2) is 8.78 Å². The molecule has 2 aliphatic rings. The number of nitrogens with one attached hydrogen (secondary N) is 1. The van der Waals surface area contributed by atoms with Gasteiger partial charge < -0.3 is 24.8 Å². The van der Waals surface area contributed by atoms with Crippen molar-refractivity contribution < 1.29 is 33.0 Å². The Morgan fingerprint density at radius 1 is 0.974 bits per heavy atom. The predicted octanol–water partition coefficient (Wildman–Crippen LogP) is 3.71. The molecule has 1 saturated heterocycles. The summed E-state index contributed by atoms with van der Waals surface area (Å²) in [6.45, 7) is 2.45. The van der Waals surface area contributed by atoms with E-state index in [9.17, 15) is 23.5 Å². The zero-order chi connectivity index (χ0) is 26.6. The maximum absolute atomic E-state index is 14.6. The number of fused-ring (bicyclic) bond motifs is 2. The van der Waals surface area contributed by atoms with Crippen molar-refractivity contribution in [2.75, 3.05) is 32.8 Å². The summed E-state index contributed by atoms with van der Waals surface area (Å²) in [7, 11) is 0. The van der Waals surface area contributed by atoms with Gasteiger partial charge >= 0.3 is 0 Å². The molecule has 0 spiro atoms. The van der Waals surface area contributed by atoms with Crippen molar-refractivity contribution in [1.82, 2.24) is 10.2 Å². The van der Waals surface area contributed by atoms with E-state index < -0.39 is 29.7 Å². The third-order valence-electron chi connectivity index (χ3n) is 7.07. The third-order valence-corrected chi connectivity index (χ3v) is 7.07. The number of nitrogens with zero attached hydrogens (tertiary/aromatic N) is 1. The van der Waals surface area contributed by atoms with E-state index in [1.54, 1.807) is 12.1 Å². The van der Waals surface area contributed by atoms with Gasteiger partial charge in [0.2, 0.25) is 5.78 Å². The molecule has 0 aliphatic carbocycles. The van der Waals surface area contributed by atoms with Gasteiger partial charge in [-0.15, -0.1) is 0 Å². The average molecular weight is 525 g/mol. The summed E-state index contributed by atoms with van der Waals surface area (Å²) in [6.07, 6.45) is 1.06. The van der Waals surface area contributed by atoms with E-state index in [4.69, 9.17) is 9.47 Å². The molecule has 2 heterocycles. The second-order valence-corrected chi connectivity index (χ2v) is 9.81. The lowest BCUT2D eigenvalue weighted by Crippen LogP contribution is -2.48. The van der Waals surface area contributed by atoms with Crippen molar-refractivity contribution in [3.8, 4) is 11.5 Å². The number of ether oxygens (including phenoxy) is 2. The van der Waals surface area contributed by atoms with E-state index in [0.29, 0.717) is 13.0 Å². The summed E-state index contributed by atoms with van der Waals surface area (Å²) >= 11 is 0. The lowest BCUT2D eigenvalue weighted by Gasteiger charge is -2.29. The fourth-order valence-corrected chi connectivity index (χ4v) is 5.04. The Labute approximate surface area is 219 Å². The molecule has 0 saturated carbocycles. The van der Waals surface area contributed by atoms with Crippen molar-refractivity contribution >= 4 is 22.5 Å². The summed E-state index contributed by atoms with van der Waals surface area (Å²) in [5, 5.41) is 15.5. The Bertz CT molecular complexity index is 1340. The number of amides is 1. The van der Waals surface area contributed by atoms with E-state index in [2.05, 4.69) is 10.2 Å². The number of aryl methyl sites for hydroxylation is 1. The fraction of sp³-hybridized carbons (Fsp3) is 0.379. The number of ketones is 1. The molecule has 3 aromatic carbocycles. The molecule has 2 N–H and O–H groups in total. The number of Topliss-reactive ketones (excluding diaryl/α,β-unsaturated/α-hetero) is 1. The van der Waals surface area contributed by atoms with Crippen molar-refractivity contribution in [2.24, 2.45) is 0 Å². The average Bonchev–Trinajstić information content (AvgIpc) is 3.44. The Morgan fingerprint density at radius 3 is 2.53 bits per heavy atom. The lowest BCUT2D eigenvalue weighted by molar-refractivity contribution is -0.139. The van der Waals surface area contributed by atoms with Crippen molar-refractivity contribution in [1.29, 1.82) is 0 Å². The summed E-state index contributed by atoms with van der Waals surface area (Å²) < 4.78 is 38.9. The van der Waals surface area contributed by atoms with Gasteiger partial charge in [-0.1, -0.05) is 24.3 Å². The van der Waals surface area contributed by atoms with Gasteiger partial charge in [-0.2, -0.15) is 0 Å². The van der Waals surface area contributed by atoms with Crippen LogP contribution in [0.4, 0.5) is 8.78 Å². The maximum Gasteiger partial charge on any atom is 0.287 e. The van der Waals surface area contributed by atoms with E-state index in [1.807, 2.05) is 12.1 Å². The van der Waals surface area contributed by atoms with Crippen LogP contribution in [0, 0.1) is 11.6 Å². The fourth-order valence-electron chi connectivity index (χ4n) is 5.04. The van der Waals surface area contributed by atoms with Crippen molar-refractivity contribution in [3.63, 3.8) is 0 Å². The molecule has 7 nitrogen and oxygen atoms in total. The topological polar surface area (TPSA) is 88.1 Å². The SMILES string of the molecule is O=C(CCc1ccc2cc(F)ccc2c1)C(=O)N[C@H](CN1CCCC1)[C@H](O)c1cc(F)c2c(c1)OCCO2. The van der Waals surface area contributed by atoms with E-state index in [-0.39, 0.29) is 42.5 Å². The van der Waals surface area contributed by atoms with Crippen molar-refractivity contribution in [2.45, 2.75) is 37.8 Å². The first kappa shape index (κ1) is 26.1. The highest BCUT2D eigenvalue weighted by Crippen LogP contribution is 2.36. The van der Waals surface area contributed by atoms with Gasteiger partial charge in [0.15, 0.2) is 17.3 Å². The predicted molar refractivity (Wildman–Crippen MR) is 137 cm³/mol. The van der Waals surface area contributed by atoms with E-state index in [1.165, 1.54) is 24.3 Å². The Balaban J connectivity index is 1.27. The first-order chi connectivity index (χ1) is 18.4. The van der Waals surface area contributed by atoms with Crippen LogP contribution in [0.1, 0.15) is 36.5 Å². The maximum atomic E-state index is 14.6. The highest BCUT2D eigenvalue weighted by atomic mass is 19.1. The van der Waals surface area contributed by atoms with Gasteiger partial charge in [-0.05, 0) is 78.5 Å². The second-order valence-electron chi connectivity index (χ2n) is 9.81. The van der Waals surface area contributed by atoms with Crippen LogP contribution < -0.4 is 14.8 Å². The number of halogens is 2. The minimum atomic E-state index is -1.27. The molecule has 9 heteroatoms. The minimum Gasteiger partial charge on any atom is -0.486 e. The standard InChI is InChI=1S/C29H30F2N2O5/c30-22-7-6-19-13-18(3-5-20(19)14-22)4-8-25(34)29(36)32-24(17-33-9-1-2-10-33)27(35)21-15-23(31)28-26(16-21)37-11-12-38-28/h3,5-7,13-16,24,27,35H,1-2,4,8-12,17H2,(H,32,36)/t24-,27-/m1/s1. The number of likely N-dealkylation sites (tertiary alicyclic amines) is 1. The largest absolute Gasteiger partial charge is 0.486 e. The van der Waals surface area contributed by atoms with Gasteiger partial charge in [0.05, 0.1) is 6.04 Å². The van der Waals surface area contributed by atoms with Crippen LogP contribution in [-0.2, 0) is 16.0 Å². The third kappa shape index (κ3) is 5.95. The molecule has 5 rings (SSSR count). The molecule has 0 radical (unpaired) electrons. The molecule has 3 aromatic rings. The van der Waals surface area contributed by atoms with Crippen LogP contribution in [0.3, 0.4) is 0 Å². The normalized spacial score (nSPS) is 16.8. The van der Waals surface area contributed by atoms with Crippen LogP contribution in [0.5, 0.6) is 11.5 Å². The quantitative estimate of drug-likeness (QED) is 0.415. The zero-order valence-corrected chi connectivity index (χ0v) is 20.9. The molecular formula is C29H30F2N2O5. The number of benzene rings is 3. The molecule has 2 aliphatic heterocycles. The molecule has 0 aromatic heterocycles. The Kier molecular flexibility index (Phi) is 7.85. The van der Waals surface area contributed by atoms with Crippen LogP contribution in [0.25, 0.3) is 10.8 Å². The molecule has 0 bridgehead atoms.